The van der Waals surface area contributed by atoms with Crippen LogP contribution >= 0.6 is 0 Å². The maximum atomic E-state index is 11.4. The monoisotopic (exact) mass is 1050 g/mol. The summed E-state index contributed by atoms with van der Waals surface area (Å²) in [6.45, 7) is -5.25. The molecule has 0 amide bonds. The van der Waals surface area contributed by atoms with E-state index in [2.05, 4.69) is 30.1 Å². The molecule has 408 valence electrons. The highest BCUT2D eigenvalue weighted by Crippen LogP contribution is 2.38. The predicted octanol–water partition coefficient (Wildman–Crippen LogP) is -9.10. The molecular formula is C36H57N9O27. The van der Waals surface area contributed by atoms with Gasteiger partial charge in [-0.3, -0.25) is 0 Å². The molecule has 22 heterocycles. The first-order chi connectivity index (χ1) is 34.4. The minimum Gasteiger partial charge on any atom is -0.394 e. The molecule has 22 saturated heterocycles. The van der Waals surface area contributed by atoms with E-state index in [1.807, 2.05) is 0 Å². The van der Waals surface area contributed by atoms with Gasteiger partial charge in [0.15, 0.2) is 37.7 Å². The lowest BCUT2D eigenvalue weighted by Crippen LogP contribution is -2.69. The molecule has 0 spiro atoms. The Morgan fingerprint density at radius 1 is 0.264 bits per heavy atom. The van der Waals surface area contributed by atoms with Crippen molar-refractivity contribution in [1.29, 1.82) is 0 Å². The van der Waals surface area contributed by atoms with Gasteiger partial charge in [0.2, 0.25) is 0 Å². The van der Waals surface area contributed by atoms with E-state index in [-0.39, 0.29) is 0 Å². The Bertz CT molecular complexity index is 1720. The minimum atomic E-state index is -2.20. The molecular weight excluding hydrogens is 990 g/mol. The van der Waals surface area contributed by atoms with Crippen molar-refractivity contribution in [1.82, 2.24) is 0 Å². The van der Waals surface area contributed by atoms with Gasteiger partial charge in [-0.05, 0) is 16.6 Å². The van der Waals surface area contributed by atoms with E-state index < -0.39 is 224 Å². The second-order valence-electron chi connectivity index (χ2n) is 17.5. The van der Waals surface area contributed by atoms with Crippen molar-refractivity contribution in [2.75, 3.05) is 39.5 Å². The summed E-state index contributed by atoms with van der Waals surface area (Å²) in [5.41, 5.74) is 27.5. The van der Waals surface area contributed by atoms with Crippen LogP contribution in [0.4, 0.5) is 0 Å². The molecule has 0 saturated carbocycles. The lowest BCUT2D eigenvalue weighted by atomic mass is 9.94. The van der Waals surface area contributed by atoms with Crippen LogP contribution in [0.5, 0.6) is 0 Å². The minimum absolute atomic E-state index is 0.715. The molecule has 0 aromatic carbocycles. The van der Waals surface area contributed by atoms with Crippen molar-refractivity contribution in [3.63, 3.8) is 0 Å². The molecule has 0 aliphatic carbocycles. The molecule has 22 aliphatic rings. The number of ether oxygens (including phenoxy) is 12. The fraction of sp³-hybridized carbons (Fsp3) is 1.00. The molecule has 22 rings (SSSR count). The Labute approximate surface area is 403 Å². The first kappa shape index (κ1) is 56.6. The first-order valence-electron chi connectivity index (χ1n) is 22.3. The Morgan fingerprint density at radius 2 is 0.431 bits per heavy atom. The Morgan fingerprint density at radius 3 is 0.597 bits per heavy atom. The van der Waals surface area contributed by atoms with Gasteiger partial charge in [-0.1, -0.05) is 15.3 Å². The number of aliphatic hydroxyl groups excluding tert-OH is 15. The van der Waals surface area contributed by atoms with Crippen LogP contribution in [0.1, 0.15) is 0 Å². The summed E-state index contributed by atoms with van der Waals surface area (Å²) in [6, 6.07) is 0. The quantitative estimate of drug-likeness (QED) is 0.0579. The topological polar surface area (TPSA) is 560 Å². The van der Waals surface area contributed by atoms with Crippen molar-refractivity contribution >= 4 is 0 Å². The summed E-state index contributed by atoms with van der Waals surface area (Å²) >= 11 is 0. The van der Waals surface area contributed by atoms with E-state index >= 15 is 0 Å². The summed E-state index contributed by atoms with van der Waals surface area (Å²) in [7, 11) is 0. The maximum Gasteiger partial charge on any atom is 0.187 e. The fourth-order valence-corrected chi connectivity index (χ4v) is 9.28. The molecule has 0 radical (unpaired) electrons. The van der Waals surface area contributed by atoms with E-state index in [0.29, 0.717) is 0 Å². The van der Waals surface area contributed by atoms with Crippen LogP contribution in [-0.4, -0.2) is 300 Å². The van der Waals surface area contributed by atoms with Gasteiger partial charge in [0.1, 0.15) is 128 Å². The Kier molecular flexibility index (Phi) is 19.4. The van der Waals surface area contributed by atoms with E-state index in [1.165, 1.54) is 0 Å². The van der Waals surface area contributed by atoms with Gasteiger partial charge >= 0.3 is 0 Å². The Hall–Kier alpha value is -3.15. The molecule has 15 N–H and O–H groups in total. The van der Waals surface area contributed by atoms with Crippen molar-refractivity contribution in [3.05, 3.63) is 31.3 Å². The second-order valence-corrected chi connectivity index (χ2v) is 17.5. The van der Waals surface area contributed by atoms with Gasteiger partial charge in [0.05, 0.1) is 57.8 Å². The van der Waals surface area contributed by atoms with E-state index in [4.69, 9.17) is 73.4 Å². The van der Waals surface area contributed by atoms with Gasteiger partial charge < -0.3 is 133 Å². The highest BCUT2D eigenvalue weighted by Gasteiger charge is 2.58. The molecule has 36 heteroatoms. The number of azide groups is 3. The third-order valence-electron chi connectivity index (χ3n) is 13.1. The van der Waals surface area contributed by atoms with Crippen LogP contribution in [0.3, 0.4) is 0 Å². The largest absolute Gasteiger partial charge is 0.394 e. The molecule has 22 fully saturated rings. The highest BCUT2D eigenvalue weighted by atomic mass is 16.8. The highest BCUT2D eigenvalue weighted by molar-refractivity contribution is 5.01. The lowest BCUT2D eigenvalue weighted by molar-refractivity contribution is -0.401. The second kappa shape index (κ2) is 24.7. The maximum absolute atomic E-state index is 11.4. The van der Waals surface area contributed by atoms with Gasteiger partial charge in [-0.25, -0.2) is 0 Å². The summed E-state index contributed by atoms with van der Waals surface area (Å²) in [5, 5.41) is 177. The van der Waals surface area contributed by atoms with Gasteiger partial charge in [0, 0.05) is 14.7 Å². The Balaban J connectivity index is 1.23. The first-order valence-corrected chi connectivity index (χ1v) is 22.3. The summed E-state index contributed by atoms with van der Waals surface area (Å²) in [6.07, 6.45) is -59.6. The number of rotatable bonds is 9. The molecule has 12 bridgehead atoms. The number of hydrogen-bond donors (Lipinski definition) is 15. The van der Waals surface area contributed by atoms with Crippen molar-refractivity contribution in [3.8, 4) is 0 Å². The third-order valence-corrected chi connectivity index (χ3v) is 13.1. The molecule has 0 aromatic heterocycles. The third kappa shape index (κ3) is 11.5. The zero-order valence-corrected chi connectivity index (χ0v) is 37.2. The van der Waals surface area contributed by atoms with Crippen molar-refractivity contribution < 1.29 is 133 Å². The predicted molar refractivity (Wildman–Crippen MR) is 217 cm³/mol. The van der Waals surface area contributed by atoms with Crippen LogP contribution in [0.2, 0.25) is 0 Å². The zero-order valence-electron chi connectivity index (χ0n) is 37.2. The number of nitrogens with zero attached hydrogens (tertiary/aromatic N) is 9. The van der Waals surface area contributed by atoms with Crippen molar-refractivity contribution in [2.24, 2.45) is 15.3 Å². The van der Waals surface area contributed by atoms with Gasteiger partial charge in [0.25, 0.3) is 0 Å². The number of aliphatic hydroxyl groups is 15. The molecule has 36 nitrogen and oxygen atoms in total. The van der Waals surface area contributed by atoms with E-state index in [9.17, 15) is 76.6 Å². The molecule has 72 heavy (non-hydrogen) atoms. The van der Waals surface area contributed by atoms with Crippen LogP contribution in [0, 0.1) is 0 Å². The smallest absolute Gasteiger partial charge is 0.187 e. The van der Waals surface area contributed by atoms with Crippen LogP contribution in [0.15, 0.2) is 15.3 Å². The number of hydrogen-bond acceptors (Lipinski definition) is 30. The SMILES string of the molecule is [N-]=[N+]=NC[C@H]1O[C@@H]2O[C@H]3[C@H](O)[C@@H](O)[C@@H](O[C@H]4[C@H](O)[C@@H](O)[C@@H](O[C@H]5[C@H](O)[C@@H](O)[C@@H](O[C@H]6[C@H](O)[C@@H](O)[C@@H](O[C@H]7[C@H](O)[C@@H](O)[C@@H](O[C@H]1[C@H](O)[C@H]2O)O[C@@H]7CO)O[C@@H]6CN=[N+]=[N-])O[C@@H]5CO)O[C@@H]4CN=[N+]=[N-])O[C@@H]3CO. The zero-order chi connectivity index (χ0) is 52.3. The molecule has 0 aromatic rings. The average molecular weight is 1050 g/mol. The molecule has 22 aliphatic heterocycles. The fourth-order valence-electron chi connectivity index (χ4n) is 9.28. The summed E-state index contributed by atoms with van der Waals surface area (Å²) in [4.78, 5) is 7.92. The van der Waals surface area contributed by atoms with Crippen LogP contribution in [-0.2, 0) is 56.8 Å². The van der Waals surface area contributed by atoms with Crippen molar-refractivity contribution in [2.45, 2.75) is 184 Å². The molecule has 30 atom stereocenters. The average Bonchev–Trinajstić information content (AvgIpc) is 3.37. The van der Waals surface area contributed by atoms with E-state index in [0.717, 1.165) is 0 Å². The normalized spacial score (nSPS) is 51.2. The lowest BCUT2D eigenvalue weighted by Gasteiger charge is -2.50. The van der Waals surface area contributed by atoms with Gasteiger partial charge in [-0.2, -0.15) is 0 Å². The van der Waals surface area contributed by atoms with E-state index in [1.54, 1.807) is 0 Å². The summed E-state index contributed by atoms with van der Waals surface area (Å²) < 4.78 is 69.1. The van der Waals surface area contributed by atoms with Crippen LogP contribution in [0.25, 0.3) is 31.3 Å². The summed E-state index contributed by atoms with van der Waals surface area (Å²) in [5.74, 6) is 0. The molecule has 0 unspecified atom stereocenters. The standard InChI is InChI=1S/C36H57N9O27/c37-43-40-1-7-25-13(49)19(55)31(61-7)70-28-10(4-46)65-35(23(59)17(28)53)68-26-8(2-41-44-38)63-33(21(57)15(26)51)72-30-12(6-48)66-36(24(60)18(30)54)69-27-9(3-42-45-39)62-32(20(56)14(27)50)71-29-11(5-47)64-34(67-25)22(58)16(29)52/h7-36,46-60H,1-6H2/t7-,8-,9-,10-,11-,12-,13-,14-,15-,16-,17-,18-,19-,20-,21-,22-,23-,24-,25-,26-,27-,28-,29-,30-,31-,32-,33-,34-,35-,36-/m1/s1. The van der Waals surface area contributed by atoms with Crippen LogP contribution < -0.4 is 0 Å². The van der Waals surface area contributed by atoms with Gasteiger partial charge in [-0.15, -0.1) is 0 Å².